The lowest BCUT2D eigenvalue weighted by atomic mass is 10.1. The van der Waals surface area contributed by atoms with Crippen molar-refractivity contribution < 1.29 is 18.8 Å². The molecule has 0 aliphatic rings. The van der Waals surface area contributed by atoms with Gasteiger partial charge in [0.2, 0.25) is 5.91 Å². The molecule has 0 saturated carbocycles. The second-order valence-electron chi connectivity index (χ2n) is 5.69. The van der Waals surface area contributed by atoms with Crippen LogP contribution in [0.3, 0.4) is 0 Å². The molecule has 1 N–H and O–H groups in total. The van der Waals surface area contributed by atoms with Crippen molar-refractivity contribution in [1.82, 2.24) is 15.4 Å². The molecule has 0 saturated heterocycles. The number of nitrogens with zero attached hydrogens (tertiary/aromatic N) is 2. The van der Waals surface area contributed by atoms with Gasteiger partial charge >= 0.3 is 0 Å². The Kier molecular flexibility index (Phi) is 6.71. The third-order valence-electron chi connectivity index (χ3n) is 3.70. The topological polar surface area (TPSA) is 84.7 Å². The van der Waals surface area contributed by atoms with Crippen molar-refractivity contribution in [1.29, 1.82) is 0 Å². The SMILES string of the molecule is COCCCNC(=O)CN(C)C(=O)c1c(-c2ccccc2)noc1C. The molecule has 0 radical (unpaired) electrons. The molecule has 7 heteroatoms. The number of nitrogens with one attached hydrogen (secondary N) is 1. The summed E-state index contributed by atoms with van der Waals surface area (Å²) in [7, 11) is 3.19. The number of carbonyl (C=O) groups is 2. The van der Waals surface area contributed by atoms with Crippen LogP contribution in [0.15, 0.2) is 34.9 Å². The molecule has 2 rings (SSSR count). The van der Waals surface area contributed by atoms with Crippen molar-refractivity contribution in [3.63, 3.8) is 0 Å². The number of likely N-dealkylation sites (N-methyl/N-ethyl adjacent to an activating group) is 1. The summed E-state index contributed by atoms with van der Waals surface area (Å²) in [5.74, 6) is -0.0943. The highest BCUT2D eigenvalue weighted by molar-refractivity contribution is 6.02. The molecule has 25 heavy (non-hydrogen) atoms. The summed E-state index contributed by atoms with van der Waals surface area (Å²) in [6.07, 6.45) is 0.725. The van der Waals surface area contributed by atoms with E-state index in [1.54, 1.807) is 21.1 Å². The lowest BCUT2D eigenvalue weighted by Gasteiger charge is -2.17. The van der Waals surface area contributed by atoms with Crippen LogP contribution in [0, 0.1) is 6.92 Å². The minimum absolute atomic E-state index is 0.0370. The molecule has 2 amide bonds. The first-order valence-electron chi connectivity index (χ1n) is 8.07. The molecular weight excluding hydrogens is 322 g/mol. The highest BCUT2D eigenvalue weighted by Crippen LogP contribution is 2.25. The Morgan fingerprint density at radius 2 is 2.00 bits per heavy atom. The number of hydrogen-bond acceptors (Lipinski definition) is 5. The van der Waals surface area contributed by atoms with Crippen LogP contribution in [0.4, 0.5) is 0 Å². The fourth-order valence-corrected chi connectivity index (χ4v) is 2.40. The number of benzene rings is 1. The number of aryl methyl sites for hydroxylation is 1. The zero-order chi connectivity index (χ0) is 18.2. The van der Waals surface area contributed by atoms with Gasteiger partial charge in [0.1, 0.15) is 17.0 Å². The summed E-state index contributed by atoms with van der Waals surface area (Å²) in [4.78, 5) is 26.1. The van der Waals surface area contributed by atoms with Gasteiger partial charge in [0.15, 0.2) is 0 Å². The van der Waals surface area contributed by atoms with Crippen molar-refractivity contribution in [2.75, 3.05) is 33.9 Å². The van der Waals surface area contributed by atoms with Gasteiger partial charge in [-0.05, 0) is 13.3 Å². The summed E-state index contributed by atoms with van der Waals surface area (Å²) in [5.41, 5.74) is 1.65. The minimum Gasteiger partial charge on any atom is -0.385 e. The number of rotatable bonds is 8. The van der Waals surface area contributed by atoms with Crippen LogP contribution in [0.25, 0.3) is 11.3 Å². The molecular formula is C18H23N3O4. The third-order valence-corrected chi connectivity index (χ3v) is 3.70. The predicted octanol–water partition coefficient (Wildman–Crippen LogP) is 1.87. The average Bonchev–Trinajstić information content (AvgIpc) is 3.00. The molecule has 7 nitrogen and oxygen atoms in total. The van der Waals surface area contributed by atoms with E-state index < -0.39 is 0 Å². The molecule has 1 aromatic heterocycles. The smallest absolute Gasteiger partial charge is 0.259 e. The van der Waals surface area contributed by atoms with Crippen LogP contribution < -0.4 is 5.32 Å². The number of carbonyl (C=O) groups excluding carboxylic acids is 2. The molecule has 134 valence electrons. The Morgan fingerprint density at radius 3 is 2.68 bits per heavy atom. The van der Waals surface area contributed by atoms with E-state index in [1.807, 2.05) is 30.3 Å². The fourth-order valence-electron chi connectivity index (χ4n) is 2.40. The van der Waals surface area contributed by atoms with E-state index in [4.69, 9.17) is 9.26 Å². The van der Waals surface area contributed by atoms with Crippen LogP contribution in [0.1, 0.15) is 22.5 Å². The van der Waals surface area contributed by atoms with Crippen molar-refractivity contribution in [2.45, 2.75) is 13.3 Å². The lowest BCUT2D eigenvalue weighted by molar-refractivity contribution is -0.121. The van der Waals surface area contributed by atoms with Crippen LogP contribution in [-0.4, -0.2) is 55.7 Å². The van der Waals surface area contributed by atoms with Crippen LogP contribution >= 0.6 is 0 Å². The van der Waals surface area contributed by atoms with Gasteiger partial charge in [-0.3, -0.25) is 9.59 Å². The molecule has 0 bridgehead atoms. The van der Waals surface area contributed by atoms with E-state index >= 15 is 0 Å². The first-order valence-corrected chi connectivity index (χ1v) is 8.07. The largest absolute Gasteiger partial charge is 0.385 e. The summed E-state index contributed by atoms with van der Waals surface area (Å²) in [6.45, 7) is 2.74. The Labute approximate surface area is 146 Å². The van der Waals surface area contributed by atoms with Crippen molar-refractivity contribution in [3.05, 3.63) is 41.7 Å². The number of hydrogen-bond donors (Lipinski definition) is 1. The van der Waals surface area contributed by atoms with Gasteiger partial charge in [0.25, 0.3) is 5.91 Å². The summed E-state index contributed by atoms with van der Waals surface area (Å²) < 4.78 is 10.1. The quantitative estimate of drug-likeness (QED) is 0.739. The highest BCUT2D eigenvalue weighted by atomic mass is 16.5. The Bertz CT molecular complexity index is 712. The fraction of sp³-hybridized carbons (Fsp3) is 0.389. The molecule has 0 unspecified atom stereocenters. The maximum Gasteiger partial charge on any atom is 0.259 e. The molecule has 2 aromatic rings. The molecule has 0 aliphatic heterocycles. The summed E-state index contributed by atoms with van der Waals surface area (Å²) in [6, 6.07) is 9.33. The monoisotopic (exact) mass is 345 g/mol. The second kappa shape index (κ2) is 8.98. The third kappa shape index (κ3) is 4.90. The first kappa shape index (κ1) is 18.7. The maximum absolute atomic E-state index is 12.8. The normalized spacial score (nSPS) is 10.5. The molecule has 0 fully saturated rings. The number of aromatic nitrogens is 1. The van der Waals surface area contributed by atoms with Gasteiger partial charge in [0, 0.05) is 32.9 Å². The van der Waals surface area contributed by atoms with E-state index in [2.05, 4.69) is 10.5 Å². The van der Waals surface area contributed by atoms with Gasteiger partial charge in [-0.1, -0.05) is 35.5 Å². The van der Waals surface area contributed by atoms with E-state index in [0.717, 1.165) is 12.0 Å². The van der Waals surface area contributed by atoms with Crippen LogP contribution in [0.5, 0.6) is 0 Å². The second-order valence-corrected chi connectivity index (χ2v) is 5.69. The van der Waals surface area contributed by atoms with Crippen molar-refractivity contribution in [3.8, 4) is 11.3 Å². The first-order chi connectivity index (χ1) is 12.0. The van der Waals surface area contributed by atoms with Gasteiger partial charge in [-0.15, -0.1) is 0 Å². The van der Waals surface area contributed by atoms with E-state index in [1.165, 1.54) is 4.90 Å². The van der Waals surface area contributed by atoms with E-state index in [-0.39, 0.29) is 18.4 Å². The maximum atomic E-state index is 12.8. The van der Waals surface area contributed by atoms with Gasteiger partial charge in [-0.25, -0.2) is 0 Å². The lowest BCUT2D eigenvalue weighted by Crippen LogP contribution is -2.39. The minimum atomic E-state index is -0.301. The van der Waals surface area contributed by atoms with Crippen LogP contribution in [-0.2, 0) is 9.53 Å². The zero-order valence-corrected chi connectivity index (χ0v) is 14.7. The Balaban J connectivity index is 2.05. The van der Waals surface area contributed by atoms with Crippen molar-refractivity contribution in [2.24, 2.45) is 0 Å². The molecule has 1 aromatic carbocycles. The van der Waals surface area contributed by atoms with Crippen molar-refractivity contribution >= 4 is 11.8 Å². The molecule has 0 atom stereocenters. The average molecular weight is 345 g/mol. The molecule has 0 spiro atoms. The van der Waals surface area contributed by atoms with E-state index in [9.17, 15) is 9.59 Å². The summed E-state index contributed by atoms with van der Waals surface area (Å²) in [5, 5.41) is 6.76. The number of amides is 2. The van der Waals surface area contributed by atoms with Gasteiger partial charge in [0.05, 0.1) is 6.54 Å². The molecule has 1 heterocycles. The predicted molar refractivity (Wildman–Crippen MR) is 93.1 cm³/mol. The molecule has 0 aliphatic carbocycles. The van der Waals surface area contributed by atoms with Crippen LogP contribution in [0.2, 0.25) is 0 Å². The Hall–Kier alpha value is -2.67. The number of methoxy groups -OCH3 is 1. The number of ether oxygens (including phenoxy) is 1. The van der Waals surface area contributed by atoms with Gasteiger partial charge < -0.3 is 19.5 Å². The summed E-state index contributed by atoms with van der Waals surface area (Å²) >= 11 is 0. The Morgan fingerprint density at radius 1 is 1.28 bits per heavy atom. The highest BCUT2D eigenvalue weighted by Gasteiger charge is 2.25. The van der Waals surface area contributed by atoms with Gasteiger partial charge in [-0.2, -0.15) is 0 Å². The zero-order valence-electron chi connectivity index (χ0n) is 14.7. The standard InChI is InChI=1S/C18H23N3O4/c1-13-16(17(20-25-13)14-8-5-4-6-9-14)18(23)21(2)12-15(22)19-10-7-11-24-3/h4-6,8-9H,7,10-12H2,1-3H3,(H,19,22). The van der Waals surface area contributed by atoms with E-state index in [0.29, 0.717) is 30.2 Å².